The van der Waals surface area contributed by atoms with Crippen molar-refractivity contribution in [2.75, 3.05) is 27.7 Å². The van der Waals surface area contributed by atoms with Crippen LogP contribution in [0.2, 0.25) is 0 Å². The number of ether oxygens (including phenoxy) is 2. The first-order chi connectivity index (χ1) is 23.8. The van der Waals surface area contributed by atoms with Crippen molar-refractivity contribution in [2.24, 2.45) is 23.5 Å². The number of nitrogens with two attached hydrogens (primary N) is 1. The molecule has 0 saturated heterocycles. The van der Waals surface area contributed by atoms with Crippen LogP contribution >= 0.6 is 11.3 Å². The predicted molar refractivity (Wildman–Crippen MR) is 194 cm³/mol. The highest BCUT2D eigenvalue weighted by molar-refractivity contribution is 7.09. The van der Waals surface area contributed by atoms with E-state index >= 15 is 0 Å². The number of hydrogen-bond acceptors (Lipinski definition) is 10. The molecule has 4 atom stereocenters. The molecule has 278 valence electrons. The van der Waals surface area contributed by atoms with Gasteiger partial charge in [-0.15, -0.1) is 11.3 Å². The maximum atomic E-state index is 13.3. The quantitative estimate of drug-likeness (QED) is 0.129. The van der Waals surface area contributed by atoms with E-state index in [0.717, 1.165) is 44.2 Å². The Balaban J connectivity index is 0.000000752. The van der Waals surface area contributed by atoms with Crippen LogP contribution in [0.25, 0.3) is 0 Å². The highest BCUT2D eigenvalue weighted by Crippen LogP contribution is 2.35. The van der Waals surface area contributed by atoms with Crippen molar-refractivity contribution < 1.29 is 33.4 Å². The summed E-state index contributed by atoms with van der Waals surface area (Å²) >= 11 is 1.25. The summed E-state index contributed by atoms with van der Waals surface area (Å²) in [6, 6.07) is 9.25. The van der Waals surface area contributed by atoms with Crippen LogP contribution in [0, 0.1) is 17.8 Å². The van der Waals surface area contributed by atoms with Crippen molar-refractivity contribution in [1.29, 1.82) is 0 Å². The maximum Gasteiger partial charge on any atom is 0.308 e. The number of rotatable bonds is 20. The normalized spacial score (nSPS) is 14.7. The van der Waals surface area contributed by atoms with Crippen molar-refractivity contribution in [2.45, 2.75) is 104 Å². The number of nitrogens with zero attached hydrogens (tertiary/aromatic N) is 2. The molecule has 1 aromatic heterocycles. The third kappa shape index (κ3) is 15.4. The van der Waals surface area contributed by atoms with E-state index in [1.165, 1.54) is 25.4 Å². The molecule has 1 aliphatic rings. The zero-order chi connectivity index (χ0) is 37.2. The molecule has 0 aliphatic heterocycles. The summed E-state index contributed by atoms with van der Waals surface area (Å²) in [6.07, 6.45) is 6.13. The van der Waals surface area contributed by atoms with Gasteiger partial charge in [0.25, 0.3) is 5.91 Å². The van der Waals surface area contributed by atoms with E-state index in [0.29, 0.717) is 30.7 Å². The highest BCUT2D eigenvalue weighted by Gasteiger charge is 2.37. The number of carbonyl (C=O) groups is 5. The van der Waals surface area contributed by atoms with E-state index in [1.807, 2.05) is 51.2 Å². The number of primary amides is 1. The molecule has 4 unspecified atom stereocenters. The summed E-state index contributed by atoms with van der Waals surface area (Å²) in [5, 5.41) is 8.22. The van der Waals surface area contributed by atoms with Crippen molar-refractivity contribution in [1.82, 2.24) is 20.5 Å². The van der Waals surface area contributed by atoms with E-state index in [4.69, 9.17) is 15.2 Å². The number of amides is 3. The molecule has 0 bridgehead atoms. The number of aromatic nitrogens is 1. The minimum Gasteiger partial charge on any atom is -0.469 e. The zero-order valence-corrected chi connectivity index (χ0v) is 31.6. The average Bonchev–Trinajstić information content (AvgIpc) is 3.81. The number of unbranched alkanes of at least 4 members (excludes halogenated alkanes) is 2. The third-order valence-corrected chi connectivity index (χ3v) is 9.52. The fourth-order valence-electron chi connectivity index (χ4n) is 5.67. The van der Waals surface area contributed by atoms with Gasteiger partial charge in [-0.25, -0.2) is 4.98 Å². The van der Waals surface area contributed by atoms with Gasteiger partial charge in [0.15, 0.2) is 6.10 Å². The number of esters is 2. The summed E-state index contributed by atoms with van der Waals surface area (Å²) in [5.41, 5.74) is 6.20. The van der Waals surface area contributed by atoms with E-state index in [-0.39, 0.29) is 53.3 Å². The first-order valence-electron chi connectivity index (χ1n) is 17.5. The first kappa shape index (κ1) is 42.3. The minimum absolute atomic E-state index is 0.0827. The van der Waals surface area contributed by atoms with Crippen molar-refractivity contribution >= 4 is 41.0 Å². The summed E-state index contributed by atoms with van der Waals surface area (Å²) in [4.78, 5) is 66.7. The first-order valence-corrected chi connectivity index (χ1v) is 18.4. The number of benzene rings is 1. The lowest BCUT2D eigenvalue weighted by atomic mass is 9.96. The van der Waals surface area contributed by atoms with Crippen molar-refractivity contribution in [3.63, 3.8) is 0 Å². The molecule has 0 spiro atoms. The fraction of sp³-hybridized carbons (Fsp3) is 0.622. The summed E-state index contributed by atoms with van der Waals surface area (Å²) in [5.74, 6) is -1.43. The van der Waals surface area contributed by atoms with E-state index in [9.17, 15) is 24.0 Å². The number of thiazole rings is 1. The van der Waals surface area contributed by atoms with Crippen LogP contribution in [0.3, 0.4) is 0 Å². The van der Waals surface area contributed by atoms with Crippen LogP contribution in [-0.2, 0) is 35.1 Å². The number of methoxy groups -OCH3 is 1. The molecule has 12 nitrogen and oxygen atoms in total. The number of carbonyl (C=O) groups excluding carboxylic acids is 5. The minimum atomic E-state index is -0.689. The Morgan fingerprint density at radius 3 is 2.28 bits per heavy atom. The average molecular weight is 716 g/mol. The molecular weight excluding hydrogens is 659 g/mol. The summed E-state index contributed by atoms with van der Waals surface area (Å²) in [7, 11) is 5.08. The van der Waals surface area contributed by atoms with Crippen molar-refractivity contribution in [3.8, 4) is 0 Å². The van der Waals surface area contributed by atoms with Gasteiger partial charge in [-0.2, -0.15) is 0 Å². The SMILES string of the molecule is CNCCCCCC(N)=O.COC(=O)C(C)CC(Cc1ccccc1)NC(=O)c1csc(C(CC(C(C)C)N(C)C(=O)C2CC2)OC(C)=O)n1. The summed E-state index contributed by atoms with van der Waals surface area (Å²) in [6.45, 7) is 8.22. The Kier molecular flexibility index (Phi) is 18.7. The molecule has 1 aliphatic carbocycles. The van der Waals surface area contributed by atoms with Crippen LogP contribution < -0.4 is 16.4 Å². The van der Waals surface area contributed by atoms with Gasteiger partial charge >= 0.3 is 11.9 Å². The third-order valence-electron chi connectivity index (χ3n) is 8.59. The van der Waals surface area contributed by atoms with E-state index in [1.54, 1.807) is 24.3 Å². The largest absolute Gasteiger partial charge is 0.469 e. The van der Waals surface area contributed by atoms with Gasteiger partial charge < -0.3 is 30.7 Å². The smallest absolute Gasteiger partial charge is 0.308 e. The van der Waals surface area contributed by atoms with Gasteiger partial charge in [-0.3, -0.25) is 24.0 Å². The van der Waals surface area contributed by atoms with Crippen LogP contribution in [-0.4, -0.2) is 79.4 Å². The molecule has 2 aromatic rings. The molecule has 0 radical (unpaired) electrons. The highest BCUT2D eigenvalue weighted by atomic mass is 32.1. The lowest BCUT2D eigenvalue weighted by molar-refractivity contribution is -0.148. The van der Waals surface area contributed by atoms with Crippen LogP contribution in [0.4, 0.5) is 0 Å². The topological polar surface area (TPSA) is 170 Å². The molecule has 1 fully saturated rings. The van der Waals surface area contributed by atoms with Gasteiger partial charge in [0, 0.05) is 50.2 Å². The second kappa shape index (κ2) is 22.1. The van der Waals surface area contributed by atoms with E-state index in [2.05, 4.69) is 15.6 Å². The van der Waals surface area contributed by atoms with Gasteiger partial charge in [0.1, 0.15) is 10.7 Å². The monoisotopic (exact) mass is 715 g/mol. The number of hydrogen-bond donors (Lipinski definition) is 3. The van der Waals surface area contributed by atoms with Gasteiger partial charge in [-0.1, -0.05) is 57.5 Å². The van der Waals surface area contributed by atoms with Crippen molar-refractivity contribution in [3.05, 3.63) is 52.0 Å². The van der Waals surface area contributed by atoms with E-state index < -0.39 is 18.0 Å². The molecule has 1 saturated carbocycles. The lowest BCUT2D eigenvalue weighted by Crippen LogP contribution is -2.42. The Bertz CT molecular complexity index is 1360. The molecular formula is C37H57N5O7S. The second-order valence-corrected chi connectivity index (χ2v) is 14.2. The Labute approximate surface area is 301 Å². The van der Waals surface area contributed by atoms with Gasteiger partial charge in [-0.05, 0) is 63.6 Å². The van der Waals surface area contributed by atoms with Crippen LogP contribution in [0.1, 0.15) is 106 Å². The van der Waals surface area contributed by atoms with Gasteiger partial charge in [0.2, 0.25) is 11.8 Å². The van der Waals surface area contributed by atoms with Crippen LogP contribution in [0.15, 0.2) is 35.7 Å². The number of nitrogens with one attached hydrogen (secondary N) is 2. The Hall–Kier alpha value is -3.84. The molecule has 4 N–H and O–H groups in total. The lowest BCUT2D eigenvalue weighted by Gasteiger charge is -2.33. The standard InChI is InChI=1S/C30H41N3O6S.C7H16N2O/c1-18(2)25(33(5)29(36)22-12-13-22)16-26(39-20(4)34)28-32-24(17-40-28)27(35)31-23(14-19(3)30(37)38-6)15-21-10-8-7-9-11-21;1-9-6-4-2-3-5-7(8)10/h7-11,17-19,22-23,25-26H,12-16H2,1-6H3,(H,31,35);9H,2-6H2,1H3,(H2,8,10). The zero-order valence-electron chi connectivity index (χ0n) is 30.7. The summed E-state index contributed by atoms with van der Waals surface area (Å²) < 4.78 is 10.5. The second-order valence-electron chi connectivity index (χ2n) is 13.3. The molecule has 13 heteroatoms. The molecule has 3 rings (SSSR count). The fourth-order valence-corrected chi connectivity index (χ4v) is 6.51. The molecule has 1 aromatic carbocycles. The molecule has 1 heterocycles. The Morgan fingerprint density at radius 2 is 1.72 bits per heavy atom. The molecule has 50 heavy (non-hydrogen) atoms. The van der Waals surface area contributed by atoms with Gasteiger partial charge in [0.05, 0.1) is 13.0 Å². The molecule has 3 amide bonds. The predicted octanol–water partition coefficient (Wildman–Crippen LogP) is 4.82. The van der Waals surface area contributed by atoms with Crippen LogP contribution in [0.5, 0.6) is 0 Å². The maximum absolute atomic E-state index is 13.3. The Morgan fingerprint density at radius 1 is 1.04 bits per heavy atom.